The summed E-state index contributed by atoms with van der Waals surface area (Å²) in [5, 5.41) is 0. The Morgan fingerprint density at radius 2 is 1.64 bits per heavy atom. The molecule has 0 saturated heterocycles. The summed E-state index contributed by atoms with van der Waals surface area (Å²) in [6.45, 7) is 6.77. The van der Waals surface area contributed by atoms with E-state index in [0.29, 0.717) is 0 Å². The summed E-state index contributed by atoms with van der Waals surface area (Å²) in [7, 11) is 2.62. The first-order chi connectivity index (χ1) is 5.11. The molecule has 1 unspecified atom stereocenters. The molecule has 68 valence electrons. The Bertz CT molecular complexity index is 92.1. The molecule has 0 rings (SSSR count). The van der Waals surface area contributed by atoms with Crippen molar-refractivity contribution in [2.75, 3.05) is 14.2 Å². The van der Waals surface area contributed by atoms with Gasteiger partial charge < -0.3 is 9.47 Å². The van der Waals surface area contributed by atoms with Crippen LogP contribution in [-0.4, -0.2) is 28.9 Å². The van der Waals surface area contributed by atoms with Crippen LogP contribution in [0.4, 0.5) is 0 Å². The molecule has 0 aromatic rings. The van der Waals surface area contributed by atoms with E-state index in [1.165, 1.54) is 6.04 Å². The second-order valence-electron chi connectivity index (χ2n) is 3.45. The van der Waals surface area contributed by atoms with Crippen LogP contribution in [0.15, 0.2) is 0 Å². The maximum Gasteiger partial charge on any atom is 0.137 e. The smallest absolute Gasteiger partial charge is 0.137 e. The van der Waals surface area contributed by atoms with Gasteiger partial charge in [-0.15, -0.1) is 0 Å². The first-order valence-corrected chi connectivity index (χ1v) is 6.81. The summed E-state index contributed by atoms with van der Waals surface area (Å²) in [6, 6.07) is 1.28. The Balaban J connectivity index is 3.68. The molecule has 0 aromatic heterocycles. The molecule has 0 aliphatic carbocycles. The van der Waals surface area contributed by atoms with Crippen molar-refractivity contribution in [2.45, 2.75) is 32.4 Å². The summed E-state index contributed by atoms with van der Waals surface area (Å²) in [6.07, 6.45) is 0. The third-order valence-electron chi connectivity index (χ3n) is 1.77. The number of hydrogen-bond donors (Lipinski definition) is 0. The molecule has 0 bridgehead atoms. The van der Waals surface area contributed by atoms with Crippen LogP contribution in [-0.2, 0) is 9.47 Å². The molecule has 0 heterocycles. The van der Waals surface area contributed by atoms with Gasteiger partial charge in [0.1, 0.15) is 14.7 Å². The Labute approximate surface area is 71.5 Å². The van der Waals surface area contributed by atoms with Gasteiger partial charge in [-0.3, -0.25) is 0 Å². The fraction of sp³-hybridized carbons (Fsp3) is 1.00. The first kappa shape index (κ1) is 11.1. The summed E-state index contributed by atoms with van der Waals surface area (Å²) in [5.74, 6) is 0.863. The van der Waals surface area contributed by atoms with Gasteiger partial charge in [-0.2, -0.15) is 0 Å². The minimum atomic E-state index is -0.819. The van der Waals surface area contributed by atoms with E-state index in [1.54, 1.807) is 14.2 Å². The predicted octanol–water partition coefficient (Wildman–Crippen LogP) is 1.66. The maximum atomic E-state index is 5.20. The fourth-order valence-corrected chi connectivity index (χ4v) is 4.05. The van der Waals surface area contributed by atoms with Crippen molar-refractivity contribution >= 4 is 8.80 Å². The normalized spacial score (nSPS) is 14.5. The molecule has 0 aromatic carbocycles. The quantitative estimate of drug-likeness (QED) is 0.468. The highest BCUT2D eigenvalue weighted by Gasteiger charge is 2.18. The predicted molar refractivity (Wildman–Crippen MR) is 50.5 cm³/mol. The van der Waals surface area contributed by atoms with Gasteiger partial charge in [-0.1, -0.05) is 26.4 Å². The van der Waals surface area contributed by atoms with E-state index in [4.69, 9.17) is 9.47 Å². The Kier molecular flexibility index (Phi) is 5.82. The molecule has 2 nitrogen and oxygen atoms in total. The van der Waals surface area contributed by atoms with Crippen molar-refractivity contribution < 1.29 is 9.47 Å². The molecule has 1 atom stereocenters. The SMILES string of the molecule is COC(OC)[SiH](C)CC(C)C. The van der Waals surface area contributed by atoms with Crippen LogP contribution in [0.25, 0.3) is 0 Å². The van der Waals surface area contributed by atoms with Gasteiger partial charge in [0.25, 0.3) is 0 Å². The molecule has 0 fully saturated rings. The van der Waals surface area contributed by atoms with Crippen LogP contribution < -0.4 is 0 Å². The molecule has 0 aliphatic rings. The van der Waals surface area contributed by atoms with Crippen molar-refractivity contribution in [3.8, 4) is 0 Å². The van der Waals surface area contributed by atoms with Crippen LogP contribution in [0.5, 0.6) is 0 Å². The Morgan fingerprint density at radius 3 is 1.91 bits per heavy atom. The van der Waals surface area contributed by atoms with Crippen molar-refractivity contribution in [2.24, 2.45) is 5.92 Å². The average Bonchev–Trinajstić information content (AvgIpc) is 1.88. The van der Waals surface area contributed by atoms with E-state index >= 15 is 0 Å². The zero-order valence-electron chi connectivity index (χ0n) is 8.26. The van der Waals surface area contributed by atoms with Gasteiger partial charge in [-0.25, -0.2) is 0 Å². The third kappa shape index (κ3) is 4.56. The van der Waals surface area contributed by atoms with Crippen LogP contribution in [0, 0.1) is 5.92 Å². The van der Waals surface area contributed by atoms with Crippen LogP contribution in [0.2, 0.25) is 12.6 Å². The molecular weight excluding hydrogens is 156 g/mol. The lowest BCUT2D eigenvalue weighted by molar-refractivity contribution is -0.0471. The van der Waals surface area contributed by atoms with Crippen molar-refractivity contribution in [1.82, 2.24) is 0 Å². The second-order valence-corrected chi connectivity index (χ2v) is 6.42. The number of ether oxygens (including phenoxy) is 2. The van der Waals surface area contributed by atoms with Crippen molar-refractivity contribution in [1.29, 1.82) is 0 Å². The lowest BCUT2D eigenvalue weighted by Crippen LogP contribution is -2.32. The van der Waals surface area contributed by atoms with Gasteiger partial charge in [0, 0.05) is 14.2 Å². The van der Waals surface area contributed by atoms with Gasteiger partial charge in [-0.05, 0) is 5.92 Å². The van der Waals surface area contributed by atoms with Gasteiger partial charge >= 0.3 is 0 Å². The highest BCUT2D eigenvalue weighted by molar-refractivity contribution is 6.58. The highest BCUT2D eigenvalue weighted by atomic mass is 28.3. The standard InChI is InChI=1S/C8H20O2Si/c1-7(2)6-11(5)8(9-3)10-4/h7-8,11H,6H2,1-5H3. The molecule has 0 amide bonds. The summed E-state index contributed by atoms with van der Waals surface area (Å²) < 4.78 is 10.4. The van der Waals surface area contributed by atoms with E-state index in [2.05, 4.69) is 20.4 Å². The number of rotatable bonds is 5. The third-order valence-corrected chi connectivity index (χ3v) is 4.93. The van der Waals surface area contributed by atoms with E-state index in [1.807, 2.05) is 0 Å². The molecule has 0 aliphatic heterocycles. The van der Waals surface area contributed by atoms with E-state index < -0.39 is 8.80 Å². The molecule has 0 spiro atoms. The van der Waals surface area contributed by atoms with Crippen LogP contribution >= 0.6 is 0 Å². The zero-order valence-corrected chi connectivity index (χ0v) is 9.41. The molecule has 0 N–H and O–H groups in total. The minimum absolute atomic E-state index is 0.0948. The van der Waals surface area contributed by atoms with Crippen LogP contribution in [0.1, 0.15) is 13.8 Å². The van der Waals surface area contributed by atoms with E-state index in [9.17, 15) is 0 Å². The minimum Gasteiger partial charge on any atom is -0.360 e. The summed E-state index contributed by atoms with van der Waals surface area (Å²) >= 11 is 0. The van der Waals surface area contributed by atoms with Crippen molar-refractivity contribution in [3.05, 3.63) is 0 Å². The van der Waals surface area contributed by atoms with Gasteiger partial charge in [0.2, 0.25) is 0 Å². The second kappa shape index (κ2) is 5.74. The Hall–Kier alpha value is 0.137. The summed E-state index contributed by atoms with van der Waals surface area (Å²) in [4.78, 5) is 0. The topological polar surface area (TPSA) is 18.5 Å². The fourth-order valence-electron chi connectivity index (χ4n) is 1.42. The average molecular weight is 176 g/mol. The first-order valence-electron chi connectivity index (χ1n) is 4.17. The lowest BCUT2D eigenvalue weighted by atomic mass is 10.3. The molecule has 11 heavy (non-hydrogen) atoms. The monoisotopic (exact) mass is 176 g/mol. The molecule has 3 heteroatoms. The van der Waals surface area contributed by atoms with Gasteiger partial charge in [0.05, 0.1) is 0 Å². The van der Waals surface area contributed by atoms with Crippen LogP contribution in [0.3, 0.4) is 0 Å². The van der Waals surface area contributed by atoms with E-state index in [-0.39, 0.29) is 5.91 Å². The maximum absolute atomic E-state index is 5.20. The molecule has 0 radical (unpaired) electrons. The zero-order chi connectivity index (χ0) is 8.85. The largest absolute Gasteiger partial charge is 0.360 e. The van der Waals surface area contributed by atoms with E-state index in [0.717, 1.165) is 5.92 Å². The molecular formula is C8H20O2Si. The number of hydrogen-bond acceptors (Lipinski definition) is 2. The van der Waals surface area contributed by atoms with Crippen molar-refractivity contribution in [3.63, 3.8) is 0 Å². The highest BCUT2D eigenvalue weighted by Crippen LogP contribution is 2.10. The molecule has 0 saturated carbocycles. The van der Waals surface area contributed by atoms with Gasteiger partial charge in [0.15, 0.2) is 0 Å². The number of methoxy groups -OCH3 is 2. The summed E-state index contributed by atoms with van der Waals surface area (Å²) in [5.41, 5.74) is 0. The Morgan fingerprint density at radius 1 is 1.18 bits per heavy atom. The lowest BCUT2D eigenvalue weighted by Gasteiger charge is -2.21.